The van der Waals surface area contributed by atoms with Crippen LogP contribution in [0.1, 0.15) is 34.6 Å². The fraction of sp³-hybridized carbons (Fsp3) is 0.833. The average molecular weight is 244 g/mol. The van der Waals surface area contributed by atoms with E-state index >= 15 is 0 Å². The van der Waals surface area contributed by atoms with Crippen LogP contribution in [-0.2, 0) is 14.3 Å². The van der Waals surface area contributed by atoms with Gasteiger partial charge in [-0.25, -0.2) is 0 Å². The van der Waals surface area contributed by atoms with Crippen molar-refractivity contribution >= 4 is 11.9 Å². The van der Waals surface area contributed by atoms with Gasteiger partial charge in [0.25, 0.3) is 0 Å². The molecule has 0 radical (unpaired) electrons. The van der Waals surface area contributed by atoms with E-state index in [9.17, 15) is 9.59 Å². The first-order valence-corrected chi connectivity index (χ1v) is 5.80. The highest BCUT2D eigenvalue weighted by Crippen LogP contribution is 2.00. The molecule has 17 heavy (non-hydrogen) atoms. The maximum Gasteiger partial charge on any atom is 0.309 e. The van der Waals surface area contributed by atoms with E-state index < -0.39 is 0 Å². The van der Waals surface area contributed by atoms with E-state index in [2.05, 4.69) is 15.4 Å². The maximum absolute atomic E-state index is 11.7. The summed E-state index contributed by atoms with van der Waals surface area (Å²) in [6.45, 7) is 9.72. The number of carbonyl (C=O) groups is 2. The molecule has 0 saturated heterocycles. The van der Waals surface area contributed by atoms with Gasteiger partial charge < -0.3 is 15.4 Å². The molecular weight excluding hydrogens is 220 g/mol. The third-order valence-electron chi connectivity index (χ3n) is 2.23. The normalized spacial score (nSPS) is 14.9. The van der Waals surface area contributed by atoms with Crippen LogP contribution in [0, 0.1) is 5.92 Å². The van der Waals surface area contributed by atoms with E-state index in [1.54, 1.807) is 13.8 Å². The Morgan fingerprint density at radius 3 is 2.18 bits per heavy atom. The average Bonchev–Trinajstić information content (AvgIpc) is 2.21. The van der Waals surface area contributed by atoms with E-state index in [1.807, 2.05) is 20.8 Å². The lowest BCUT2D eigenvalue weighted by molar-refractivity contribution is -0.144. The first-order valence-electron chi connectivity index (χ1n) is 5.80. The number of rotatable bonds is 5. The molecule has 2 atom stereocenters. The minimum Gasteiger partial charge on any atom is -0.469 e. The molecule has 5 heteroatoms. The van der Waals surface area contributed by atoms with Gasteiger partial charge >= 0.3 is 5.97 Å². The van der Waals surface area contributed by atoms with Gasteiger partial charge in [0.05, 0.1) is 19.1 Å². The summed E-state index contributed by atoms with van der Waals surface area (Å²) in [5.41, 5.74) is -0.249. The second-order valence-corrected chi connectivity index (χ2v) is 5.29. The summed E-state index contributed by atoms with van der Waals surface area (Å²) in [5, 5.41) is 5.88. The molecule has 0 aliphatic carbocycles. The molecule has 0 fully saturated rings. The molecule has 0 aromatic carbocycles. The molecule has 0 aromatic heterocycles. The smallest absolute Gasteiger partial charge is 0.309 e. The largest absolute Gasteiger partial charge is 0.469 e. The number of hydrogen-bond acceptors (Lipinski definition) is 4. The van der Waals surface area contributed by atoms with Gasteiger partial charge in [-0.2, -0.15) is 0 Å². The van der Waals surface area contributed by atoms with Crippen molar-refractivity contribution in [3.8, 4) is 0 Å². The number of carbonyl (C=O) groups excluding carboxylic acids is 2. The van der Waals surface area contributed by atoms with Crippen molar-refractivity contribution < 1.29 is 14.3 Å². The SMILES string of the molecule is COC(=O)C(C)CNC(C)C(=O)NC(C)(C)C. The standard InChI is InChI=1S/C12H24N2O3/c1-8(11(16)17-6)7-13-9(2)10(15)14-12(3,4)5/h8-9,13H,7H2,1-6H3,(H,14,15). The third-order valence-corrected chi connectivity index (χ3v) is 2.23. The summed E-state index contributed by atoms with van der Waals surface area (Å²) in [4.78, 5) is 22.9. The Morgan fingerprint density at radius 1 is 1.24 bits per heavy atom. The molecule has 0 saturated carbocycles. The van der Waals surface area contributed by atoms with E-state index in [1.165, 1.54) is 7.11 Å². The van der Waals surface area contributed by atoms with Gasteiger partial charge in [0.15, 0.2) is 0 Å². The molecule has 1 amide bonds. The van der Waals surface area contributed by atoms with Crippen LogP contribution < -0.4 is 10.6 Å². The van der Waals surface area contributed by atoms with Crippen LogP contribution >= 0.6 is 0 Å². The van der Waals surface area contributed by atoms with E-state index in [4.69, 9.17) is 0 Å². The van der Waals surface area contributed by atoms with E-state index in [0.717, 1.165) is 0 Å². The first kappa shape index (κ1) is 15.9. The lowest BCUT2D eigenvalue weighted by Crippen LogP contribution is -2.50. The first-order chi connectivity index (χ1) is 7.67. The summed E-state index contributed by atoms with van der Waals surface area (Å²) in [5.74, 6) is -0.611. The molecule has 0 heterocycles. The number of esters is 1. The monoisotopic (exact) mass is 244 g/mol. The fourth-order valence-corrected chi connectivity index (χ4v) is 1.21. The molecule has 5 nitrogen and oxygen atoms in total. The molecule has 0 bridgehead atoms. The molecule has 100 valence electrons. The Bertz CT molecular complexity index is 271. The van der Waals surface area contributed by atoms with Crippen molar-refractivity contribution in [3.05, 3.63) is 0 Å². The summed E-state index contributed by atoms with van der Waals surface area (Å²) in [7, 11) is 1.36. The highest BCUT2D eigenvalue weighted by atomic mass is 16.5. The van der Waals surface area contributed by atoms with Gasteiger partial charge in [-0.3, -0.25) is 9.59 Å². The minimum absolute atomic E-state index is 0.0745. The fourth-order valence-electron chi connectivity index (χ4n) is 1.21. The zero-order chi connectivity index (χ0) is 13.6. The number of ether oxygens (including phenoxy) is 1. The topological polar surface area (TPSA) is 67.4 Å². The number of methoxy groups -OCH3 is 1. The zero-order valence-corrected chi connectivity index (χ0v) is 11.6. The zero-order valence-electron chi connectivity index (χ0n) is 11.6. The van der Waals surface area contributed by atoms with Gasteiger partial charge in [-0.1, -0.05) is 6.92 Å². The summed E-state index contributed by atoms with van der Waals surface area (Å²) >= 11 is 0. The van der Waals surface area contributed by atoms with Crippen LogP contribution in [0.5, 0.6) is 0 Å². The van der Waals surface area contributed by atoms with Crippen molar-refractivity contribution in [2.75, 3.05) is 13.7 Å². The lowest BCUT2D eigenvalue weighted by atomic mass is 10.1. The van der Waals surface area contributed by atoms with Gasteiger partial charge in [0.1, 0.15) is 0 Å². The molecule has 0 aliphatic heterocycles. The third kappa shape index (κ3) is 6.94. The minimum atomic E-state index is -0.332. The van der Waals surface area contributed by atoms with Crippen LogP contribution in [0.25, 0.3) is 0 Å². The highest BCUT2D eigenvalue weighted by molar-refractivity contribution is 5.82. The van der Waals surface area contributed by atoms with Gasteiger partial charge in [0.2, 0.25) is 5.91 Å². The predicted molar refractivity (Wildman–Crippen MR) is 66.5 cm³/mol. The molecule has 0 spiro atoms. The van der Waals surface area contributed by atoms with Crippen molar-refractivity contribution in [2.45, 2.75) is 46.2 Å². The van der Waals surface area contributed by atoms with E-state index in [0.29, 0.717) is 6.54 Å². The van der Waals surface area contributed by atoms with Crippen molar-refractivity contribution in [1.82, 2.24) is 10.6 Å². The Labute approximate surface area is 103 Å². The van der Waals surface area contributed by atoms with E-state index in [-0.39, 0.29) is 29.4 Å². The molecule has 0 rings (SSSR count). The second-order valence-electron chi connectivity index (χ2n) is 5.29. The molecule has 2 unspecified atom stereocenters. The van der Waals surface area contributed by atoms with Crippen molar-refractivity contribution in [3.63, 3.8) is 0 Å². The van der Waals surface area contributed by atoms with Crippen molar-refractivity contribution in [2.24, 2.45) is 5.92 Å². The van der Waals surface area contributed by atoms with Gasteiger partial charge in [0, 0.05) is 12.1 Å². The molecule has 0 aromatic rings. The lowest BCUT2D eigenvalue weighted by Gasteiger charge is -2.24. The van der Waals surface area contributed by atoms with Crippen LogP contribution in [-0.4, -0.2) is 37.1 Å². The number of hydrogen-bond donors (Lipinski definition) is 2. The molecule has 0 aliphatic rings. The summed E-state index contributed by atoms with van der Waals surface area (Å²) in [6.07, 6.45) is 0. The number of amides is 1. The Morgan fingerprint density at radius 2 is 1.76 bits per heavy atom. The van der Waals surface area contributed by atoms with Gasteiger partial charge in [-0.05, 0) is 27.7 Å². The van der Waals surface area contributed by atoms with Crippen LogP contribution in [0.15, 0.2) is 0 Å². The summed E-state index contributed by atoms with van der Waals surface area (Å²) in [6, 6.07) is -0.332. The van der Waals surface area contributed by atoms with Crippen LogP contribution in [0.4, 0.5) is 0 Å². The second kappa shape index (κ2) is 6.59. The predicted octanol–water partition coefficient (Wildman–Crippen LogP) is 0.688. The number of nitrogens with one attached hydrogen (secondary N) is 2. The van der Waals surface area contributed by atoms with Crippen LogP contribution in [0.3, 0.4) is 0 Å². The summed E-state index contributed by atoms with van der Waals surface area (Å²) < 4.78 is 4.61. The Hall–Kier alpha value is -1.10. The molecular formula is C12H24N2O3. The van der Waals surface area contributed by atoms with Crippen molar-refractivity contribution in [1.29, 1.82) is 0 Å². The van der Waals surface area contributed by atoms with Gasteiger partial charge in [-0.15, -0.1) is 0 Å². The maximum atomic E-state index is 11.7. The Balaban J connectivity index is 4.06. The quantitative estimate of drug-likeness (QED) is 0.698. The van der Waals surface area contributed by atoms with Crippen LogP contribution in [0.2, 0.25) is 0 Å². The molecule has 2 N–H and O–H groups in total. The Kier molecular flexibility index (Phi) is 6.16. The highest BCUT2D eigenvalue weighted by Gasteiger charge is 2.20.